The lowest BCUT2D eigenvalue weighted by Gasteiger charge is -2.14. The van der Waals surface area contributed by atoms with E-state index in [1.165, 1.54) is 27.5 Å². The second-order valence-corrected chi connectivity index (χ2v) is 16.3. The molecule has 2 aromatic heterocycles. The van der Waals surface area contributed by atoms with Gasteiger partial charge in [-0.25, -0.2) is 15.0 Å². The normalized spacial score (nSPS) is 11.4. The van der Waals surface area contributed by atoms with E-state index >= 15 is 0 Å². The maximum absolute atomic E-state index is 6.20. The van der Waals surface area contributed by atoms with Crippen LogP contribution < -0.4 is 0 Å². The van der Waals surface area contributed by atoms with Crippen molar-refractivity contribution in [1.29, 1.82) is 0 Å². The molecule has 10 aromatic carbocycles. The van der Waals surface area contributed by atoms with Crippen LogP contribution in [0.15, 0.2) is 241 Å². The number of furan rings is 1. The van der Waals surface area contributed by atoms with Crippen molar-refractivity contribution in [3.8, 4) is 89.8 Å². The van der Waals surface area contributed by atoms with Crippen LogP contribution in [0.3, 0.4) is 0 Å². The zero-order valence-corrected chi connectivity index (χ0v) is 35.3. The molecule has 0 unspecified atom stereocenters. The lowest BCUT2D eigenvalue weighted by molar-refractivity contribution is 0.669. The van der Waals surface area contributed by atoms with E-state index in [0.717, 1.165) is 77.6 Å². The summed E-state index contributed by atoms with van der Waals surface area (Å²) in [5.41, 5.74) is 16.0. The summed E-state index contributed by atoms with van der Waals surface area (Å²) in [5, 5.41) is 4.67. The Bertz CT molecular complexity index is 3690. The van der Waals surface area contributed by atoms with Crippen molar-refractivity contribution < 1.29 is 4.42 Å². The number of hydrogen-bond acceptors (Lipinski definition) is 4. The predicted octanol–water partition coefficient (Wildman–Crippen LogP) is 16.3. The molecule has 0 aliphatic rings. The van der Waals surface area contributed by atoms with Gasteiger partial charge in [0.25, 0.3) is 0 Å². The summed E-state index contributed by atoms with van der Waals surface area (Å²) in [7, 11) is 0. The standard InChI is InChI=1S/C61H39N3O/c1-3-15-40(16-4-1)46-19-13-20-47(39-46)60-62-59(63-61(64-60)54-24-10-7-21-48(54)41-17-5-2-6-18-41)45-35-33-43(34-36-45)50-38-37-49(52-22-8-9-23-53(50)52)42-29-31-44(32-30-42)51-26-14-28-57-58(51)55-25-11-12-27-56(55)65-57/h1-39H. The Balaban J connectivity index is 0.913. The lowest BCUT2D eigenvalue weighted by atomic mass is 9.91. The summed E-state index contributed by atoms with van der Waals surface area (Å²) in [6.45, 7) is 0. The minimum atomic E-state index is 0.616. The summed E-state index contributed by atoms with van der Waals surface area (Å²) in [6, 6.07) is 82.9. The third kappa shape index (κ3) is 7.04. The van der Waals surface area contributed by atoms with E-state index in [9.17, 15) is 0 Å². The summed E-state index contributed by atoms with van der Waals surface area (Å²) >= 11 is 0. The molecule has 0 amide bonds. The molecule has 12 rings (SSSR count). The second kappa shape index (κ2) is 16.2. The molecule has 0 spiro atoms. The number of fused-ring (bicyclic) bond motifs is 4. The molecular weight excluding hydrogens is 791 g/mol. The van der Waals surface area contributed by atoms with Gasteiger partial charge >= 0.3 is 0 Å². The van der Waals surface area contributed by atoms with Crippen molar-refractivity contribution >= 4 is 32.7 Å². The zero-order valence-electron chi connectivity index (χ0n) is 35.3. The van der Waals surface area contributed by atoms with Crippen LogP contribution in [0.4, 0.5) is 0 Å². The molecule has 65 heavy (non-hydrogen) atoms. The number of hydrogen-bond donors (Lipinski definition) is 0. The molecule has 4 nitrogen and oxygen atoms in total. The van der Waals surface area contributed by atoms with Gasteiger partial charge in [-0.15, -0.1) is 0 Å². The Kier molecular flexibility index (Phi) is 9.46. The van der Waals surface area contributed by atoms with Crippen LogP contribution in [0.5, 0.6) is 0 Å². The summed E-state index contributed by atoms with van der Waals surface area (Å²) in [4.78, 5) is 15.5. The van der Waals surface area contributed by atoms with E-state index in [1.807, 2.05) is 36.4 Å². The van der Waals surface area contributed by atoms with E-state index in [2.05, 4.69) is 200 Å². The molecular formula is C61H39N3O. The highest BCUT2D eigenvalue weighted by molar-refractivity contribution is 6.12. The Morgan fingerprint density at radius 1 is 0.231 bits per heavy atom. The molecule has 0 atom stereocenters. The Labute approximate surface area is 376 Å². The van der Waals surface area contributed by atoms with Crippen LogP contribution in [-0.4, -0.2) is 15.0 Å². The van der Waals surface area contributed by atoms with E-state index < -0.39 is 0 Å². The summed E-state index contributed by atoms with van der Waals surface area (Å²) in [6.07, 6.45) is 0. The van der Waals surface area contributed by atoms with Crippen molar-refractivity contribution in [3.63, 3.8) is 0 Å². The van der Waals surface area contributed by atoms with Crippen LogP contribution >= 0.6 is 0 Å². The number of nitrogens with zero attached hydrogens (tertiary/aromatic N) is 3. The fourth-order valence-corrected chi connectivity index (χ4v) is 9.22. The Morgan fingerprint density at radius 2 is 0.662 bits per heavy atom. The lowest BCUT2D eigenvalue weighted by Crippen LogP contribution is -2.01. The molecule has 0 bridgehead atoms. The van der Waals surface area contributed by atoms with E-state index in [1.54, 1.807) is 0 Å². The maximum atomic E-state index is 6.20. The third-order valence-corrected chi connectivity index (χ3v) is 12.4. The smallest absolute Gasteiger partial charge is 0.164 e. The van der Waals surface area contributed by atoms with Crippen LogP contribution in [0.25, 0.3) is 123 Å². The summed E-state index contributed by atoms with van der Waals surface area (Å²) in [5.74, 6) is 1.86. The average molecular weight is 830 g/mol. The van der Waals surface area contributed by atoms with Gasteiger partial charge < -0.3 is 4.42 Å². The quantitative estimate of drug-likeness (QED) is 0.153. The minimum absolute atomic E-state index is 0.616. The molecule has 0 radical (unpaired) electrons. The van der Waals surface area contributed by atoms with E-state index in [-0.39, 0.29) is 0 Å². The molecule has 0 aliphatic heterocycles. The Hall–Kier alpha value is -8.73. The van der Waals surface area contributed by atoms with Gasteiger partial charge in [0.15, 0.2) is 17.5 Å². The first-order chi connectivity index (χ1) is 32.2. The number of rotatable bonds is 8. The molecule has 304 valence electrons. The first-order valence-electron chi connectivity index (χ1n) is 21.9. The maximum Gasteiger partial charge on any atom is 0.164 e. The van der Waals surface area contributed by atoms with Gasteiger partial charge in [-0.2, -0.15) is 0 Å². The van der Waals surface area contributed by atoms with Crippen molar-refractivity contribution in [1.82, 2.24) is 15.0 Å². The number of benzene rings is 10. The first kappa shape index (κ1) is 38.0. The highest BCUT2D eigenvalue weighted by Gasteiger charge is 2.18. The number of para-hydroxylation sites is 1. The van der Waals surface area contributed by atoms with Crippen LogP contribution in [0, 0.1) is 0 Å². The van der Waals surface area contributed by atoms with Gasteiger partial charge in [0.05, 0.1) is 0 Å². The first-order valence-corrected chi connectivity index (χ1v) is 21.9. The van der Waals surface area contributed by atoms with Gasteiger partial charge in [-0.3, -0.25) is 0 Å². The molecule has 0 saturated carbocycles. The van der Waals surface area contributed by atoms with Gasteiger partial charge in [-0.05, 0) is 84.6 Å². The highest BCUT2D eigenvalue weighted by Crippen LogP contribution is 2.40. The van der Waals surface area contributed by atoms with E-state index in [0.29, 0.717) is 17.5 Å². The van der Waals surface area contributed by atoms with Crippen molar-refractivity contribution in [2.45, 2.75) is 0 Å². The Morgan fingerprint density at radius 3 is 1.34 bits per heavy atom. The third-order valence-electron chi connectivity index (χ3n) is 12.4. The number of aromatic nitrogens is 3. The van der Waals surface area contributed by atoms with Crippen molar-refractivity contribution in [3.05, 3.63) is 237 Å². The fraction of sp³-hybridized carbons (Fsp3) is 0. The van der Waals surface area contributed by atoms with Crippen LogP contribution in [-0.2, 0) is 0 Å². The van der Waals surface area contributed by atoms with Crippen LogP contribution in [0.1, 0.15) is 0 Å². The topological polar surface area (TPSA) is 51.8 Å². The molecule has 2 heterocycles. The van der Waals surface area contributed by atoms with Gasteiger partial charge in [0, 0.05) is 27.5 Å². The predicted molar refractivity (Wildman–Crippen MR) is 268 cm³/mol. The largest absolute Gasteiger partial charge is 0.456 e. The SMILES string of the molecule is c1ccc(-c2cccc(-c3nc(-c4ccc(-c5ccc(-c6ccc(-c7cccc8oc9ccccc9c78)cc6)c6ccccc56)cc4)nc(-c4ccccc4-c4ccccc4)n3)c2)cc1. The minimum Gasteiger partial charge on any atom is -0.456 e. The zero-order chi connectivity index (χ0) is 43.1. The van der Waals surface area contributed by atoms with Crippen molar-refractivity contribution in [2.24, 2.45) is 0 Å². The van der Waals surface area contributed by atoms with Crippen LogP contribution in [0.2, 0.25) is 0 Å². The van der Waals surface area contributed by atoms with E-state index in [4.69, 9.17) is 19.4 Å². The molecule has 0 N–H and O–H groups in total. The molecule has 4 heteroatoms. The summed E-state index contributed by atoms with van der Waals surface area (Å²) < 4.78 is 6.20. The van der Waals surface area contributed by atoms with Gasteiger partial charge in [0.1, 0.15) is 11.2 Å². The fourth-order valence-electron chi connectivity index (χ4n) is 9.22. The molecule has 0 fully saturated rings. The molecule has 0 saturated heterocycles. The van der Waals surface area contributed by atoms with Gasteiger partial charge in [0.2, 0.25) is 0 Å². The molecule has 0 aliphatic carbocycles. The monoisotopic (exact) mass is 829 g/mol. The average Bonchev–Trinajstić information content (AvgIpc) is 3.78. The highest BCUT2D eigenvalue weighted by atomic mass is 16.3. The van der Waals surface area contributed by atoms with Gasteiger partial charge in [-0.1, -0.05) is 218 Å². The molecule has 12 aromatic rings. The second-order valence-electron chi connectivity index (χ2n) is 16.3. The van der Waals surface area contributed by atoms with Crippen molar-refractivity contribution in [2.75, 3.05) is 0 Å².